The van der Waals surface area contributed by atoms with Crippen molar-refractivity contribution in [2.75, 3.05) is 7.11 Å². The maximum absolute atomic E-state index is 13.0. The van der Waals surface area contributed by atoms with Crippen LogP contribution in [0.5, 0.6) is 0 Å². The molecule has 2 aromatic rings. The largest absolute Gasteiger partial charge is 0.466 e. The molecule has 5 nitrogen and oxygen atoms in total. The first-order valence-corrected chi connectivity index (χ1v) is 5.50. The number of hydrogen-bond acceptors (Lipinski definition) is 4. The molecule has 1 atom stereocenters. The monoisotopic (exact) mass is 261 g/mol. The van der Waals surface area contributed by atoms with E-state index in [1.165, 1.54) is 36.6 Å². The van der Waals surface area contributed by atoms with Crippen LogP contribution in [0.15, 0.2) is 49.1 Å². The number of methoxy groups -OCH3 is 1. The van der Waals surface area contributed by atoms with Crippen LogP contribution in [0.3, 0.4) is 0 Å². The predicted molar refractivity (Wildman–Crippen MR) is 65.7 cm³/mol. The van der Waals surface area contributed by atoms with E-state index in [-0.39, 0.29) is 11.4 Å². The molecule has 0 saturated heterocycles. The van der Waals surface area contributed by atoms with Crippen LogP contribution in [0, 0.1) is 5.82 Å². The molecule has 2 rings (SSSR count). The van der Waals surface area contributed by atoms with E-state index in [2.05, 4.69) is 21.4 Å². The standard InChI is InChI=1S/C13H12FN3O2/c1-9(13(18)19-2)12(17-8-15-7-16-17)10-3-5-11(14)6-4-10/h3-8,12H,1H2,2H3. The Morgan fingerprint density at radius 3 is 2.63 bits per heavy atom. The van der Waals surface area contributed by atoms with Crippen molar-refractivity contribution in [1.29, 1.82) is 0 Å². The third-order valence-electron chi connectivity index (χ3n) is 2.66. The first-order chi connectivity index (χ1) is 9.13. The van der Waals surface area contributed by atoms with E-state index in [0.29, 0.717) is 5.56 Å². The maximum Gasteiger partial charge on any atom is 0.335 e. The summed E-state index contributed by atoms with van der Waals surface area (Å²) in [4.78, 5) is 15.5. The van der Waals surface area contributed by atoms with Crippen LogP contribution in [-0.4, -0.2) is 27.8 Å². The maximum atomic E-state index is 13.0. The van der Waals surface area contributed by atoms with Crippen molar-refractivity contribution >= 4 is 5.97 Å². The molecule has 0 aliphatic rings. The van der Waals surface area contributed by atoms with Gasteiger partial charge in [-0.3, -0.25) is 0 Å². The molecule has 0 saturated carbocycles. The number of aromatic nitrogens is 3. The first kappa shape index (κ1) is 12.9. The van der Waals surface area contributed by atoms with Gasteiger partial charge in [-0.05, 0) is 17.7 Å². The Morgan fingerprint density at radius 1 is 1.42 bits per heavy atom. The minimum atomic E-state index is -0.574. The zero-order valence-electron chi connectivity index (χ0n) is 10.3. The molecule has 0 aliphatic carbocycles. The van der Waals surface area contributed by atoms with Gasteiger partial charge in [0.15, 0.2) is 0 Å². The van der Waals surface area contributed by atoms with Gasteiger partial charge in [-0.1, -0.05) is 18.7 Å². The van der Waals surface area contributed by atoms with Gasteiger partial charge >= 0.3 is 5.97 Å². The summed E-state index contributed by atoms with van der Waals surface area (Å²) in [6.07, 6.45) is 2.81. The third-order valence-corrected chi connectivity index (χ3v) is 2.66. The second-order valence-electron chi connectivity index (χ2n) is 3.85. The van der Waals surface area contributed by atoms with Crippen LogP contribution in [0.25, 0.3) is 0 Å². The van der Waals surface area contributed by atoms with Gasteiger partial charge in [0.1, 0.15) is 24.5 Å². The van der Waals surface area contributed by atoms with Gasteiger partial charge in [0.05, 0.1) is 12.7 Å². The number of nitrogens with zero attached hydrogens (tertiary/aromatic N) is 3. The topological polar surface area (TPSA) is 57.0 Å². The average Bonchev–Trinajstić information content (AvgIpc) is 2.94. The minimum absolute atomic E-state index is 0.194. The van der Waals surface area contributed by atoms with Gasteiger partial charge in [0, 0.05) is 0 Å². The SMILES string of the molecule is C=C(C(=O)OC)C(c1ccc(F)cc1)n1cncn1. The Labute approximate surface area is 109 Å². The molecule has 98 valence electrons. The van der Waals surface area contributed by atoms with Crippen molar-refractivity contribution in [1.82, 2.24) is 14.8 Å². The van der Waals surface area contributed by atoms with Crippen LogP contribution in [-0.2, 0) is 9.53 Å². The van der Waals surface area contributed by atoms with Crippen molar-refractivity contribution in [3.8, 4) is 0 Å². The van der Waals surface area contributed by atoms with E-state index in [9.17, 15) is 9.18 Å². The summed E-state index contributed by atoms with van der Waals surface area (Å²) in [7, 11) is 1.27. The number of halogens is 1. The predicted octanol–water partition coefficient (Wildman–Crippen LogP) is 1.74. The van der Waals surface area contributed by atoms with Crippen molar-refractivity contribution in [3.05, 3.63) is 60.5 Å². The highest BCUT2D eigenvalue weighted by molar-refractivity contribution is 5.89. The lowest BCUT2D eigenvalue weighted by Gasteiger charge is -2.18. The van der Waals surface area contributed by atoms with Crippen molar-refractivity contribution in [2.45, 2.75) is 6.04 Å². The molecule has 0 bridgehead atoms. The normalized spacial score (nSPS) is 11.9. The fourth-order valence-electron chi connectivity index (χ4n) is 1.75. The second kappa shape index (κ2) is 5.43. The minimum Gasteiger partial charge on any atom is -0.466 e. The number of benzene rings is 1. The Morgan fingerprint density at radius 2 is 2.11 bits per heavy atom. The van der Waals surface area contributed by atoms with E-state index >= 15 is 0 Å². The van der Waals surface area contributed by atoms with Crippen LogP contribution in [0.1, 0.15) is 11.6 Å². The number of rotatable bonds is 4. The molecule has 0 radical (unpaired) electrons. The van der Waals surface area contributed by atoms with E-state index in [1.54, 1.807) is 12.1 Å². The number of carbonyl (C=O) groups excluding carboxylic acids is 1. The summed E-state index contributed by atoms with van der Waals surface area (Å²) in [5, 5.41) is 4.00. The first-order valence-electron chi connectivity index (χ1n) is 5.50. The van der Waals surface area contributed by atoms with E-state index in [0.717, 1.165) is 0 Å². The second-order valence-corrected chi connectivity index (χ2v) is 3.85. The molecule has 6 heteroatoms. The molecule has 1 aromatic carbocycles. The molecule has 0 spiro atoms. The number of carbonyl (C=O) groups is 1. The summed E-state index contributed by atoms with van der Waals surface area (Å²) in [6.45, 7) is 3.72. The lowest BCUT2D eigenvalue weighted by atomic mass is 10.00. The Bertz CT molecular complexity index is 578. The van der Waals surface area contributed by atoms with Gasteiger partial charge in [-0.25, -0.2) is 18.9 Å². The van der Waals surface area contributed by atoms with Gasteiger partial charge in [0.25, 0.3) is 0 Å². The zero-order chi connectivity index (χ0) is 13.8. The Hall–Kier alpha value is -2.50. The molecule has 1 heterocycles. The number of ether oxygens (including phenoxy) is 1. The molecule has 0 amide bonds. The number of esters is 1. The lowest BCUT2D eigenvalue weighted by molar-refractivity contribution is -0.136. The molecular weight excluding hydrogens is 249 g/mol. The Balaban J connectivity index is 2.43. The molecule has 19 heavy (non-hydrogen) atoms. The van der Waals surface area contributed by atoms with Crippen molar-refractivity contribution in [2.24, 2.45) is 0 Å². The van der Waals surface area contributed by atoms with Crippen molar-refractivity contribution < 1.29 is 13.9 Å². The van der Waals surface area contributed by atoms with Gasteiger partial charge in [-0.15, -0.1) is 0 Å². The molecule has 0 fully saturated rings. The molecule has 1 unspecified atom stereocenters. The summed E-state index contributed by atoms with van der Waals surface area (Å²) in [5.41, 5.74) is 0.863. The summed E-state index contributed by atoms with van der Waals surface area (Å²) >= 11 is 0. The highest BCUT2D eigenvalue weighted by atomic mass is 19.1. The average molecular weight is 261 g/mol. The van der Waals surface area contributed by atoms with Crippen LogP contribution in [0.4, 0.5) is 4.39 Å². The van der Waals surface area contributed by atoms with Gasteiger partial charge in [0.2, 0.25) is 0 Å². The van der Waals surface area contributed by atoms with Crippen LogP contribution in [0.2, 0.25) is 0 Å². The number of hydrogen-bond donors (Lipinski definition) is 0. The van der Waals surface area contributed by atoms with Crippen LogP contribution < -0.4 is 0 Å². The van der Waals surface area contributed by atoms with E-state index in [4.69, 9.17) is 0 Å². The van der Waals surface area contributed by atoms with Gasteiger partial charge in [-0.2, -0.15) is 5.10 Å². The van der Waals surface area contributed by atoms with E-state index < -0.39 is 12.0 Å². The van der Waals surface area contributed by atoms with E-state index in [1.807, 2.05) is 0 Å². The fraction of sp³-hybridized carbons (Fsp3) is 0.154. The molecule has 0 N–H and O–H groups in total. The molecule has 0 aliphatic heterocycles. The zero-order valence-corrected chi connectivity index (χ0v) is 10.3. The quantitative estimate of drug-likeness (QED) is 0.621. The highest BCUT2D eigenvalue weighted by Crippen LogP contribution is 2.25. The lowest BCUT2D eigenvalue weighted by Crippen LogP contribution is -2.19. The van der Waals surface area contributed by atoms with Crippen LogP contribution >= 0.6 is 0 Å². The molecule has 1 aromatic heterocycles. The third kappa shape index (κ3) is 2.67. The highest BCUT2D eigenvalue weighted by Gasteiger charge is 2.24. The smallest absolute Gasteiger partial charge is 0.335 e. The molecular formula is C13H12FN3O2. The Kier molecular flexibility index (Phi) is 3.70. The summed E-state index contributed by atoms with van der Waals surface area (Å²) < 4.78 is 19.1. The van der Waals surface area contributed by atoms with Crippen molar-refractivity contribution in [3.63, 3.8) is 0 Å². The summed E-state index contributed by atoms with van der Waals surface area (Å²) in [6, 6.07) is 5.18. The summed E-state index contributed by atoms with van der Waals surface area (Å²) in [5.74, 6) is -0.908. The fourth-order valence-corrected chi connectivity index (χ4v) is 1.75. The van der Waals surface area contributed by atoms with Gasteiger partial charge < -0.3 is 4.74 Å².